The number of amides is 1. The second kappa shape index (κ2) is 8.17. The SMILES string of the molecule is CCCN1C(=O)C(=O)C(=C(O)c2ccccc2)[C@H]1c1cc(OC)ccc1OC. The van der Waals surface area contributed by atoms with Gasteiger partial charge in [-0.1, -0.05) is 37.3 Å². The molecule has 1 aliphatic rings. The zero-order valence-electron chi connectivity index (χ0n) is 16.1. The maximum absolute atomic E-state index is 12.9. The standard InChI is InChI=1S/C22H23NO5/c1-4-12-23-19(16-13-15(27-2)10-11-17(16)28-3)18(21(25)22(23)26)20(24)14-8-6-5-7-9-14/h5-11,13,19,24H,4,12H2,1-3H3/t19-/m1/s1. The second-order valence-electron chi connectivity index (χ2n) is 6.47. The highest BCUT2D eigenvalue weighted by atomic mass is 16.5. The minimum absolute atomic E-state index is 0.0520. The molecule has 1 amide bonds. The van der Waals surface area contributed by atoms with Gasteiger partial charge >= 0.3 is 0 Å². The van der Waals surface area contributed by atoms with Crippen molar-refractivity contribution in [3.63, 3.8) is 0 Å². The van der Waals surface area contributed by atoms with E-state index in [1.807, 2.05) is 13.0 Å². The third-order valence-electron chi connectivity index (χ3n) is 4.78. The summed E-state index contributed by atoms with van der Waals surface area (Å²) in [6, 6.07) is 13.2. The number of rotatable bonds is 6. The summed E-state index contributed by atoms with van der Waals surface area (Å²) in [5, 5.41) is 10.9. The minimum Gasteiger partial charge on any atom is -0.507 e. The van der Waals surface area contributed by atoms with Crippen LogP contribution in [0.4, 0.5) is 0 Å². The molecule has 6 heteroatoms. The molecule has 0 aliphatic carbocycles. The van der Waals surface area contributed by atoms with Crippen LogP contribution in [0, 0.1) is 0 Å². The fourth-order valence-corrected chi connectivity index (χ4v) is 3.48. The number of nitrogens with zero attached hydrogens (tertiary/aromatic N) is 1. The maximum atomic E-state index is 12.9. The molecule has 28 heavy (non-hydrogen) atoms. The van der Waals surface area contributed by atoms with Crippen LogP contribution in [0.25, 0.3) is 5.76 Å². The van der Waals surface area contributed by atoms with E-state index in [4.69, 9.17) is 9.47 Å². The van der Waals surface area contributed by atoms with Crippen molar-refractivity contribution in [2.24, 2.45) is 0 Å². The number of ketones is 1. The first-order valence-corrected chi connectivity index (χ1v) is 9.09. The van der Waals surface area contributed by atoms with Gasteiger partial charge in [0.25, 0.3) is 11.7 Å². The van der Waals surface area contributed by atoms with E-state index in [2.05, 4.69) is 0 Å². The first-order valence-electron chi connectivity index (χ1n) is 9.09. The number of Topliss-reactive ketones (excluding diaryl/α,β-unsaturated/α-hetero) is 1. The zero-order chi connectivity index (χ0) is 20.3. The summed E-state index contributed by atoms with van der Waals surface area (Å²) in [4.78, 5) is 27.1. The Bertz CT molecular complexity index is 920. The van der Waals surface area contributed by atoms with Crippen LogP contribution >= 0.6 is 0 Å². The molecule has 0 radical (unpaired) electrons. The van der Waals surface area contributed by atoms with Gasteiger partial charge in [-0.3, -0.25) is 9.59 Å². The van der Waals surface area contributed by atoms with Gasteiger partial charge < -0.3 is 19.5 Å². The van der Waals surface area contributed by atoms with Gasteiger partial charge in [-0.25, -0.2) is 0 Å². The molecular formula is C22H23NO5. The molecule has 0 aromatic heterocycles. The van der Waals surface area contributed by atoms with Gasteiger partial charge in [0.15, 0.2) is 0 Å². The highest BCUT2D eigenvalue weighted by Gasteiger charge is 2.46. The molecule has 3 rings (SSSR count). The lowest BCUT2D eigenvalue weighted by Crippen LogP contribution is -2.30. The van der Waals surface area contributed by atoms with Crippen LogP contribution in [0.5, 0.6) is 11.5 Å². The summed E-state index contributed by atoms with van der Waals surface area (Å²) in [7, 11) is 3.06. The number of likely N-dealkylation sites (tertiary alicyclic amines) is 1. The Balaban J connectivity index is 2.26. The number of aliphatic hydroxyl groups is 1. The summed E-state index contributed by atoms with van der Waals surface area (Å²) in [5.41, 5.74) is 1.12. The smallest absolute Gasteiger partial charge is 0.295 e. The van der Waals surface area contributed by atoms with Crippen LogP contribution in [0.3, 0.4) is 0 Å². The Morgan fingerprint density at radius 1 is 1.07 bits per heavy atom. The van der Waals surface area contributed by atoms with E-state index in [0.717, 1.165) is 0 Å². The summed E-state index contributed by atoms with van der Waals surface area (Å²) < 4.78 is 10.8. The van der Waals surface area contributed by atoms with Crippen LogP contribution in [0.1, 0.15) is 30.5 Å². The van der Waals surface area contributed by atoms with Gasteiger partial charge in [0.05, 0.1) is 25.8 Å². The van der Waals surface area contributed by atoms with Gasteiger partial charge in [0.2, 0.25) is 0 Å². The molecule has 1 fully saturated rings. The van der Waals surface area contributed by atoms with E-state index in [-0.39, 0.29) is 11.3 Å². The predicted octanol–water partition coefficient (Wildman–Crippen LogP) is 3.54. The van der Waals surface area contributed by atoms with E-state index in [1.165, 1.54) is 12.0 Å². The fraction of sp³-hybridized carbons (Fsp3) is 0.273. The van der Waals surface area contributed by atoms with E-state index in [1.54, 1.807) is 49.6 Å². The molecule has 0 unspecified atom stereocenters. The van der Waals surface area contributed by atoms with Crippen molar-refractivity contribution >= 4 is 17.4 Å². The van der Waals surface area contributed by atoms with Crippen LogP contribution in [-0.4, -0.2) is 42.5 Å². The van der Waals surface area contributed by atoms with Gasteiger partial charge in [-0.2, -0.15) is 0 Å². The Morgan fingerprint density at radius 2 is 1.79 bits per heavy atom. The molecule has 0 saturated carbocycles. The number of hydrogen-bond donors (Lipinski definition) is 1. The summed E-state index contributed by atoms with van der Waals surface area (Å²) in [6.07, 6.45) is 0.668. The molecule has 1 aliphatic heterocycles. The molecule has 1 heterocycles. The lowest BCUT2D eigenvalue weighted by atomic mass is 9.94. The molecule has 0 bridgehead atoms. The zero-order valence-corrected chi connectivity index (χ0v) is 16.1. The van der Waals surface area contributed by atoms with E-state index >= 15 is 0 Å². The lowest BCUT2D eigenvalue weighted by Gasteiger charge is -2.26. The van der Waals surface area contributed by atoms with Gasteiger partial charge in [-0.05, 0) is 24.6 Å². The fourth-order valence-electron chi connectivity index (χ4n) is 3.48. The molecule has 1 N–H and O–H groups in total. The normalized spacial score (nSPS) is 18.4. The predicted molar refractivity (Wildman–Crippen MR) is 105 cm³/mol. The van der Waals surface area contributed by atoms with E-state index in [9.17, 15) is 14.7 Å². The topological polar surface area (TPSA) is 76.1 Å². The Hall–Kier alpha value is -3.28. The Labute approximate surface area is 164 Å². The lowest BCUT2D eigenvalue weighted by molar-refractivity contribution is -0.139. The first-order chi connectivity index (χ1) is 13.5. The quantitative estimate of drug-likeness (QED) is 0.471. The average Bonchev–Trinajstić information content (AvgIpc) is 2.98. The summed E-state index contributed by atoms with van der Waals surface area (Å²) >= 11 is 0. The van der Waals surface area contributed by atoms with Crippen molar-refractivity contribution in [3.8, 4) is 11.5 Å². The minimum atomic E-state index is -0.759. The molecular weight excluding hydrogens is 358 g/mol. The van der Waals surface area contributed by atoms with Crippen molar-refractivity contribution < 1.29 is 24.2 Å². The van der Waals surface area contributed by atoms with Crippen LogP contribution < -0.4 is 9.47 Å². The number of ether oxygens (including phenoxy) is 2. The van der Waals surface area contributed by atoms with Crippen molar-refractivity contribution in [2.45, 2.75) is 19.4 Å². The van der Waals surface area contributed by atoms with E-state index < -0.39 is 17.7 Å². The summed E-state index contributed by atoms with van der Waals surface area (Å²) in [5.74, 6) is -0.461. The average molecular weight is 381 g/mol. The van der Waals surface area contributed by atoms with Gasteiger partial charge in [-0.15, -0.1) is 0 Å². The Kier molecular flexibility index (Phi) is 5.68. The van der Waals surface area contributed by atoms with Gasteiger partial charge in [0, 0.05) is 17.7 Å². The first kappa shape index (κ1) is 19.5. The van der Waals surface area contributed by atoms with Crippen LogP contribution in [0.15, 0.2) is 54.1 Å². The van der Waals surface area contributed by atoms with E-state index in [0.29, 0.717) is 35.6 Å². The van der Waals surface area contributed by atoms with Crippen LogP contribution in [0.2, 0.25) is 0 Å². The molecule has 1 saturated heterocycles. The third kappa shape index (κ3) is 3.33. The highest BCUT2D eigenvalue weighted by Crippen LogP contribution is 2.43. The largest absolute Gasteiger partial charge is 0.507 e. The number of benzene rings is 2. The van der Waals surface area contributed by atoms with Crippen LogP contribution in [-0.2, 0) is 9.59 Å². The molecule has 1 atom stereocenters. The molecule has 2 aromatic rings. The molecule has 146 valence electrons. The summed E-state index contributed by atoms with van der Waals surface area (Å²) in [6.45, 7) is 2.30. The van der Waals surface area contributed by atoms with Crippen molar-refractivity contribution in [2.75, 3.05) is 20.8 Å². The van der Waals surface area contributed by atoms with Crippen molar-refractivity contribution in [1.29, 1.82) is 0 Å². The molecule has 0 spiro atoms. The number of aliphatic hydroxyl groups excluding tert-OH is 1. The maximum Gasteiger partial charge on any atom is 0.295 e. The van der Waals surface area contributed by atoms with Gasteiger partial charge in [0.1, 0.15) is 17.3 Å². The monoisotopic (exact) mass is 381 g/mol. The third-order valence-corrected chi connectivity index (χ3v) is 4.78. The molecule has 6 nitrogen and oxygen atoms in total. The Morgan fingerprint density at radius 3 is 2.39 bits per heavy atom. The number of carbonyl (C=O) groups excluding carboxylic acids is 2. The highest BCUT2D eigenvalue weighted by molar-refractivity contribution is 6.46. The van der Waals surface area contributed by atoms with Crippen molar-refractivity contribution in [1.82, 2.24) is 4.90 Å². The number of carbonyl (C=O) groups is 2. The second-order valence-corrected chi connectivity index (χ2v) is 6.47. The number of methoxy groups -OCH3 is 2. The van der Waals surface area contributed by atoms with Crippen molar-refractivity contribution in [3.05, 3.63) is 65.2 Å². The number of hydrogen-bond acceptors (Lipinski definition) is 5. The molecule has 2 aromatic carbocycles.